The minimum Gasteiger partial charge on any atom is -0.207 e. The van der Waals surface area contributed by atoms with Crippen molar-refractivity contribution < 1.29 is 4.39 Å². The Labute approximate surface area is 154 Å². The van der Waals surface area contributed by atoms with Crippen LogP contribution in [-0.2, 0) is 0 Å². The molecule has 3 rings (SSSR count). The molecule has 0 atom stereocenters. The summed E-state index contributed by atoms with van der Waals surface area (Å²) in [5.41, 5.74) is 1.35. The summed E-state index contributed by atoms with van der Waals surface area (Å²) in [6.07, 6.45) is 18.6. The molecule has 1 heteroatoms. The van der Waals surface area contributed by atoms with Gasteiger partial charge >= 0.3 is 0 Å². The van der Waals surface area contributed by atoms with Crippen LogP contribution in [0.15, 0.2) is 24.3 Å². The normalized spacial score (nSPS) is 30.3. The third kappa shape index (κ3) is 5.83. The minimum absolute atomic E-state index is 0.109. The van der Waals surface area contributed by atoms with Crippen LogP contribution in [0.5, 0.6) is 0 Å². The van der Waals surface area contributed by atoms with E-state index in [-0.39, 0.29) is 5.82 Å². The van der Waals surface area contributed by atoms with E-state index >= 15 is 0 Å². The van der Waals surface area contributed by atoms with E-state index in [0.29, 0.717) is 5.92 Å². The summed E-state index contributed by atoms with van der Waals surface area (Å²) < 4.78 is 13.1. The monoisotopic (exact) mass is 344 g/mol. The van der Waals surface area contributed by atoms with Gasteiger partial charge in [0.05, 0.1) is 0 Å². The number of unbranched alkanes of at least 4 members (excludes halogenated alkanes) is 1. The number of benzene rings is 1. The van der Waals surface area contributed by atoms with Crippen LogP contribution in [0.3, 0.4) is 0 Å². The fraction of sp³-hybridized carbons (Fsp3) is 0.750. The first-order chi connectivity index (χ1) is 12.2. The van der Waals surface area contributed by atoms with Crippen molar-refractivity contribution >= 4 is 0 Å². The number of rotatable bonds is 7. The molecule has 0 spiro atoms. The molecule has 2 aliphatic rings. The first-order valence-electron chi connectivity index (χ1n) is 11.0. The lowest BCUT2D eigenvalue weighted by Crippen LogP contribution is -2.17. The molecule has 25 heavy (non-hydrogen) atoms. The molecule has 1 aromatic rings. The van der Waals surface area contributed by atoms with Gasteiger partial charge in [-0.25, -0.2) is 4.39 Å². The molecule has 0 nitrogen and oxygen atoms in total. The Morgan fingerprint density at radius 1 is 0.720 bits per heavy atom. The molecule has 2 aliphatic carbocycles. The lowest BCUT2D eigenvalue weighted by atomic mass is 9.74. The van der Waals surface area contributed by atoms with Crippen LogP contribution in [0, 0.1) is 23.6 Å². The Kier molecular flexibility index (Phi) is 7.37. The zero-order valence-corrected chi connectivity index (χ0v) is 16.2. The lowest BCUT2D eigenvalue weighted by molar-refractivity contribution is 0.222. The third-order valence-electron chi connectivity index (χ3n) is 7.10. The fourth-order valence-corrected chi connectivity index (χ4v) is 5.29. The van der Waals surface area contributed by atoms with Crippen molar-refractivity contribution in [2.75, 3.05) is 0 Å². The highest BCUT2D eigenvalue weighted by Crippen LogP contribution is 2.40. The van der Waals surface area contributed by atoms with Gasteiger partial charge in [-0.05, 0) is 67.1 Å². The van der Waals surface area contributed by atoms with Crippen LogP contribution in [0.25, 0.3) is 0 Å². The zero-order valence-electron chi connectivity index (χ0n) is 16.2. The maximum atomic E-state index is 13.1. The largest absolute Gasteiger partial charge is 0.207 e. The van der Waals surface area contributed by atoms with E-state index in [9.17, 15) is 4.39 Å². The van der Waals surface area contributed by atoms with Gasteiger partial charge in [0.25, 0.3) is 0 Å². The standard InChI is InChI=1S/C24H37F/c1-2-3-4-19-5-7-20(8-6-19)9-10-21-11-13-22(14-12-21)23-15-17-24(25)18-16-23/h15-22H,2-14H2,1H3. The molecule has 0 aliphatic heterocycles. The van der Waals surface area contributed by atoms with E-state index in [4.69, 9.17) is 0 Å². The molecule has 0 unspecified atom stereocenters. The van der Waals surface area contributed by atoms with Gasteiger partial charge in [-0.3, -0.25) is 0 Å². The van der Waals surface area contributed by atoms with E-state index in [1.807, 2.05) is 12.1 Å². The summed E-state index contributed by atoms with van der Waals surface area (Å²) in [6, 6.07) is 7.24. The van der Waals surface area contributed by atoms with Crippen molar-refractivity contribution in [3.63, 3.8) is 0 Å². The predicted octanol–water partition coefficient (Wildman–Crippen LogP) is 7.88. The first-order valence-corrected chi connectivity index (χ1v) is 11.0. The molecule has 0 saturated heterocycles. The molecule has 0 heterocycles. The second-order valence-electron chi connectivity index (χ2n) is 8.88. The van der Waals surface area contributed by atoms with Crippen molar-refractivity contribution in [2.45, 2.75) is 96.3 Å². The van der Waals surface area contributed by atoms with Crippen molar-refractivity contribution in [3.05, 3.63) is 35.6 Å². The summed E-state index contributed by atoms with van der Waals surface area (Å²) in [6.45, 7) is 2.32. The number of halogens is 1. The van der Waals surface area contributed by atoms with Gasteiger partial charge in [0.1, 0.15) is 5.82 Å². The maximum Gasteiger partial charge on any atom is 0.123 e. The highest BCUT2D eigenvalue weighted by atomic mass is 19.1. The molecule has 0 bridgehead atoms. The quantitative estimate of drug-likeness (QED) is 0.472. The van der Waals surface area contributed by atoms with E-state index in [1.54, 1.807) is 12.1 Å². The van der Waals surface area contributed by atoms with Crippen LogP contribution < -0.4 is 0 Å². The lowest BCUT2D eigenvalue weighted by Gasteiger charge is -2.32. The molecule has 0 amide bonds. The van der Waals surface area contributed by atoms with Gasteiger partial charge in [-0.15, -0.1) is 0 Å². The second kappa shape index (κ2) is 9.74. The molecule has 2 fully saturated rings. The smallest absolute Gasteiger partial charge is 0.123 e. The van der Waals surface area contributed by atoms with Crippen molar-refractivity contribution in [1.29, 1.82) is 0 Å². The summed E-state index contributed by atoms with van der Waals surface area (Å²) >= 11 is 0. The SMILES string of the molecule is CCCCC1CCC(CCC2CCC(c3ccc(F)cc3)CC2)CC1. The molecule has 0 aromatic heterocycles. The van der Waals surface area contributed by atoms with Gasteiger partial charge < -0.3 is 0 Å². The van der Waals surface area contributed by atoms with Gasteiger partial charge in [-0.1, -0.05) is 76.8 Å². The molecule has 140 valence electrons. The molecular weight excluding hydrogens is 307 g/mol. The molecule has 1 aromatic carbocycles. The zero-order chi connectivity index (χ0) is 17.5. The van der Waals surface area contributed by atoms with Crippen LogP contribution in [0.2, 0.25) is 0 Å². The summed E-state index contributed by atoms with van der Waals surface area (Å²) in [5.74, 6) is 3.58. The van der Waals surface area contributed by atoms with Gasteiger partial charge in [0, 0.05) is 0 Å². The van der Waals surface area contributed by atoms with Crippen LogP contribution in [-0.4, -0.2) is 0 Å². The summed E-state index contributed by atoms with van der Waals surface area (Å²) in [7, 11) is 0. The maximum absolute atomic E-state index is 13.1. The van der Waals surface area contributed by atoms with Crippen molar-refractivity contribution in [1.82, 2.24) is 0 Å². The number of hydrogen-bond acceptors (Lipinski definition) is 0. The van der Waals surface area contributed by atoms with Crippen LogP contribution in [0.4, 0.5) is 4.39 Å². The van der Waals surface area contributed by atoms with E-state index in [1.165, 1.54) is 89.0 Å². The Morgan fingerprint density at radius 3 is 1.72 bits per heavy atom. The Hall–Kier alpha value is -0.850. The van der Waals surface area contributed by atoms with E-state index in [0.717, 1.165) is 17.8 Å². The Morgan fingerprint density at radius 2 is 1.20 bits per heavy atom. The van der Waals surface area contributed by atoms with Gasteiger partial charge in [0.2, 0.25) is 0 Å². The summed E-state index contributed by atoms with van der Waals surface area (Å²) in [5, 5.41) is 0. The highest BCUT2D eigenvalue weighted by Gasteiger charge is 2.25. The average molecular weight is 345 g/mol. The Bertz CT molecular complexity index is 475. The van der Waals surface area contributed by atoms with Crippen LogP contribution in [0.1, 0.15) is 102 Å². The first kappa shape index (κ1) is 18.9. The number of hydrogen-bond donors (Lipinski definition) is 0. The predicted molar refractivity (Wildman–Crippen MR) is 105 cm³/mol. The van der Waals surface area contributed by atoms with Crippen molar-refractivity contribution in [2.24, 2.45) is 17.8 Å². The third-order valence-corrected chi connectivity index (χ3v) is 7.10. The van der Waals surface area contributed by atoms with E-state index in [2.05, 4.69) is 6.92 Å². The molecule has 0 N–H and O–H groups in total. The fourth-order valence-electron chi connectivity index (χ4n) is 5.29. The summed E-state index contributed by atoms with van der Waals surface area (Å²) in [4.78, 5) is 0. The van der Waals surface area contributed by atoms with Crippen molar-refractivity contribution in [3.8, 4) is 0 Å². The minimum atomic E-state index is -0.109. The molecule has 0 radical (unpaired) electrons. The molecule has 2 saturated carbocycles. The van der Waals surface area contributed by atoms with E-state index < -0.39 is 0 Å². The van der Waals surface area contributed by atoms with Gasteiger partial charge in [-0.2, -0.15) is 0 Å². The highest BCUT2D eigenvalue weighted by molar-refractivity contribution is 5.20. The van der Waals surface area contributed by atoms with Gasteiger partial charge in [0.15, 0.2) is 0 Å². The van der Waals surface area contributed by atoms with Crippen LogP contribution >= 0.6 is 0 Å². The molecular formula is C24H37F. The second-order valence-corrected chi connectivity index (χ2v) is 8.88. The Balaban J connectivity index is 1.32. The topological polar surface area (TPSA) is 0 Å². The average Bonchev–Trinajstić information content (AvgIpc) is 2.67.